The lowest BCUT2D eigenvalue weighted by atomic mass is 9.77. The molecule has 136 valence electrons. The monoisotopic (exact) mass is 334 g/mol. The Morgan fingerprint density at radius 3 is 2.25 bits per heavy atom. The van der Waals surface area contributed by atoms with E-state index in [1.54, 1.807) is 12.1 Å². The lowest BCUT2D eigenvalue weighted by molar-refractivity contribution is 0.248. The van der Waals surface area contributed by atoms with Gasteiger partial charge >= 0.3 is 0 Å². The summed E-state index contributed by atoms with van der Waals surface area (Å²) in [6.45, 7) is 2.28. The van der Waals surface area contributed by atoms with Crippen LogP contribution >= 0.6 is 0 Å². The van der Waals surface area contributed by atoms with E-state index in [4.69, 9.17) is 4.74 Å². The Bertz CT molecular complexity index is 463. The smallest absolute Gasteiger partial charge is 0.165 e. The molecule has 0 unspecified atom stereocenters. The molecule has 0 bridgehead atoms. The first-order chi connectivity index (χ1) is 11.7. The second-order valence-corrected chi connectivity index (χ2v) is 7.60. The summed E-state index contributed by atoms with van der Waals surface area (Å²) in [7, 11) is 1.51. The average Bonchev–Trinajstić information content (AvgIpc) is 2.61. The van der Waals surface area contributed by atoms with Gasteiger partial charge in [-0.05, 0) is 42.4 Å². The Labute approximate surface area is 148 Å². The van der Waals surface area contributed by atoms with Gasteiger partial charge in [-0.2, -0.15) is 0 Å². The molecule has 0 radical (unpaired) electrons. The molecule has 24 heavy (non-hydrogen) atoms. The molecular weight excluding hydrogens is 299 g/mol. The number of rotatable bonds is 10. The van der Waals surface area contributed by atoms with E-state index in [0.29, 0.717) is 5.75 Å². The van der Waals surface area contributed by atoms with Crippen molar-refractivity contribution in [3.8, 4) is 5.75 Å². The maximum atomic E-state index is 13.7. The number of methoxy groups -OCH3 is 1. The van der Waals surface area contributed by atoms with Gasteiger partial charge in [-0.25, -0.2) is 4.39 Å². The van der Waals surface area contributed by atoms with Crippen molar-refractivity contribution in [2.75, 3.05) is 7.11 Å². The summed E-state index contributed by atoms with van der Waals surface area (Å²) in [6, 6.07) is 5.39. The lowest BCUT2D eigenvalue weighted by Gasteiger charge is -2.28. The molecule has 1 fully saturated rings. The maximum absolute atomic E-state index is 13.7. The molecule has 0 heterocycles. The maximum Gasteiger partial charge on any atom is 0.165 e. The van der Waals surface area contributed by atoms with Crippen LogP contribution in [0.2, 0.25) is 0 Å². The number of hydrogen-bond acceptors (Lipinski definition) is 1. The number of benzene rings is 1. The van der Waals surface area contributed by atoms with Gasteiger partial charge in [-0.3, -0.25) is 0 Å². The first-order valence-electron chi connectivity index (χ1n) is 10.0. The van der Waals surface area contributed by atoms with Gasteiger partial charge in [0.15, 0.2) is 11.6 Å². The Balaban J connectivity index is 1.62. The summed E-state index contributed by atoms with van der Waals surface area (Å²) >= 11 is 0. The summed E-state index contributed by atoms with van der Waals surface area (Å²) in [5.41, 5.74) is 1.10. The topological polar surface area (TPSA) is 9.23 Å². The molecule has 0 amide bonds. The summed E-state index contributed by atoms with van der Waals surface area (Å²) < 4.78 is 18.7. The van der Waals surface area contributed by atoms with Gasteiger partial charge in [-0.15, -0.1) is 0 Å². The van der Waals surface area contributed by atoms with E-state index >= 15 is 0 Å². The van der Waals surface area contributed by atoms with Crippen molar-refractivity contribution in [3.05, 3.63) is 29.6 Å². The van der Waals surface area contributed by atoms with Crippen LogP contribution in [0.1, 0.15) is 83.1 Å². The average molecular weight is 335 g/mol. The van der Waals surface area contributed by atoms with E-state index in [1.807, 2.05) is 6.07 Å². The molecule has 0 spiro atoms. The number of ether oxygens (including phenoxy) is 1. The summed E-state index contributed by atoms with van der Waals surface area (Å²) in [4.78, 5) is 0. The molecule has 1 saturated carbocycles. The third-order valence-corrected chi connectivity index (χ3v) is 5.74. The van der Waals surface area contributed by atoms with E-state index in [0.717, 1.165) is 23.8 Å². The molecule has 0 N–H and O–H groups in total. The van der Waals surface area contributed by atoms with E-state index in [1.165, 1.54) is 77.7 Å². The molecular formula is C22H35FO. The molecule has 0 saturated heterocycles. The second-order valence-electron chi connectivity index (χ2n) is 7.60. The molecule has 2 heteroatoms. The zero-order valence-corrected chi connectivity index (χ0v) is 15.7. The molecule has 1 aromatic carbocycles. The van der Waals surface area contributed by atoms with Crippen LogP contribution in [0.5, 0.6) is 5.75 Å². The van der Waals surface area contributed by atoms with Crippen LogP contribution < -0.4 is 4.74 Å². The normalized spacial score (nSPS) is 21.0. The fraction of sp³-hybridized carbons (Fsp3) is 0.727. The first kappa shape index (κ1) is 19.3. The van der Waals surface area contributed by atoms with Crippen LogP contribution in [0.15, 0.2) is 18.2 Å². The van der Waals surface area contributed by atoms with Crippen molar-refractivity contribution in [2.24, 2.45) is 11.8 Å². The van der Waals surface area contributed by atoms with Crippen LogP contribution in [0.25, 0.3) is 0 Å². The minimum Gasteiger partial charge on any atom is -0.494 e. The Morgan fingerprint density at radius 2 is 1.62 bits per heavy atom. The highest BCUT2D eigenvalue weighted by Gasteiger charge is 2.20. The van der Waals surface area contributed by atoms with Crippen molar-refractivity contribution < 1.29 is 9.13 Å². The fourth-order valence-corrected chi connectivity index (χ4v) is 4.08. The van der Waals surface area contributed by atoms with Crippen LogP contribution in [0, 0.1) is 17.7 Å². The van der Waals surface area contributed by atoms with E-state index in [-0.39, 0.29) is 5.82 Å². The third-order valence-electron chi connectivity index (χ3n) is 5.74. The summed E-state index contributed by atoms with van der Waals surface area (Å²) in [5, 5.41) is 0. The van der Waals surface area contributed by atoms with Crippen molar-refractivity contribution in [1.82, 2.24) is 0 Å². The van der Waals surface area contributed by atoms with E-state index in [9.17, 15) is 4.39 Å². The largest absolute Gasteiger partial charge is 0.494 e. The molecule has 1 aliphatic rings. The SMILES string of the molecule is CCCCCCCC1CCC(CCc2ccc(OC)c(F)c2)CC1. The summed E-state index contributed by atoms with van der Waals surface area (Å²) in [6.07, 6.45) is 16.2. The lowest BCUT2D eigenvalue weighted by Crippen LogP contribution is -2.15. The number of aryl methyl sites for hydroxylation is 1. The zero-order valence-electron chi connectivity index (χ0n) is 15.7. The molecule has 0 aliphatic heterocycles. The van der Waals surface area contributed by atoms with Gasteiger partial charge in [-0.1, -0.05) is 77.2 Å². The fourth-order valence-electron chi connectivity index (χ4n) is 4.08. The van der Waals surface area contributed by atoms with Gasteiger partial charge in [0.1, 0.15) is 0 Å². The van der Waals surface area contributed by atoms with Gasteiger partial charge in [0.05, 0.1) is 7.11 Å². The highest BCUT2D eigenvalue weighted by atomic mass is 19.1. The standard InChI is InChI=1S/C22H35FO/c1-3-4-5-6-7-8-18-9-11-19(12-10-18)13-14-20-15-16-22(24-2)21(23)17-20/h15-19H,3-14H2,1-2H3. The molecule has 1 aliphatic carbocycles. The van der Waals surface area contributed by atoms with Crippen LogP contribution in [0.4, 0.5) is 4.39 Å². The van der Waals surface area contributed by atoms with Gasteiger partial charge < -0.3 is 4.74 Å². The highest BCUT2D eigenvalue weighted by molar-refractivity contribution is 5.29. The molecule has 1 nitrogen and oxygen atoms in total. The highest BCUT2D eigenvalue weighted by Crippen LogP contribution is 2.34. The van der Waals surface area contributed by atoms with Crippen molar-refractivity contribution in [1.29, 1.82) is 0 Å². The van der Waals surface area contributed by atoms with Gasteiger partial charge in [0.2, 0.25) is 0 Å². The van der Waals surface area contributed by atoms with E-state index in [2.05, 4.69) is 6.92 Å². The van der Waals surface area contributed by atoms with Gasteiger partial charge in [0, 0.05) is 0 Å². The van der Waals surface area contributed by atoms with Crippen molar-refractivity contribution in [3.63, 3.8) is 0 Å². The predicted octanol–water partition coefficient (Wildman–Crippen LogP) is 6.93. The number of unbranched alkanes of at least 4 members (excludes halogenated alkanes) is 4. The Hall–Kier alpha value is -1.05. The first-order valence-corrected chi connectivity index (χ1v) is 10.0. The van der Waals surface area contributed by atoms with Crippen LogP contribution in [0.3, 0.4) is 0 Å². The van der Waals surface area contributed by atoms with Crippen molar-refractivity contribution in [2.45, 2.75) is 84.0 Å². The minimum atomic E-state index is -0.234. The molecule has 0 aromatic heterocycles. The molecule has 0 atom stereocenters. The number of hydrogen-bond donors (Lipinski definition) is 0. The van der Waals surface area contributed by atoms with Crippen LogP contribution in [-0.2, 0) is 6.42 Å². The Morgan fingerprint density at radius 1 is 0.958 bits per heavy atom. The van der Waals surface area contributed by atoms with Gasteiger partial charge in [0.25, 0.3) is 0 Å². The van der Waals surface area contributed by atoms with E-state index < -0.39 is 0 Å². The second kappa shape index (κ2) is 10.7. The number of halogens is 1. The minimum absolute atomic E-state index is 0.234. The quantitative estimate of drug-likeness (QED) is 0.421. The summed E-state index contributed by atoms with van der Waals surface area (Å²) in [5.74, 6) is 1.92. The zero-order chi connectivity index (χ0) is 17.2. The molecule has 2 rings (SSSR count). The molecule has 1 aromatic rings. The van der Waals surface area contributed by atoms with Crippen LogP contribution in [-0.4, -0.2) is 7.11 Å². The predicted molar refractivity (Wildman–Crippen MR) is 100 cm³/mol. The third kappa shape index (κ3) is 6.45. The Kier molecular flexibility index (Phi) is 8.63. The van der Waals surface area contributed by atoms with Crippen molar-refractivity contribution >= 4 is 0 Å².